The molecule has 4 rings (SSSR count). The molecular weight excluding hydrogens is 394 g/mol. The Kier molecular flexibility index (Phi) is 6.03. The van der Waals surface area contributed by atoms with Gasteiger partial charge in [-0.25, -0.2) is 0 Å². The molecule has 0 saturated carbocycles. The molecule has 0 saturated heterocycles. The van der Waals surface area contributed by atoms with Crippen molar-refractivity contribution in [2.24, 2.45) is 0 Å². The first-order valence-corrected chi connectivity index (χ1v) is 10.7. The van der Waals surface area contributed by atoms with Gasteiger partial charge in [0.2, 0.25) is 5.70 Å². The molecule has 0 aliphatic rings. The van der Waals surface area contributed by atoms with Gasteiger partial charge in [0.15, 0.2) is 12.4 Å². The van der Waals surface area contributed by atoms with E-state index in [0.717, 1.165) is 0 Å². The fourth-order valence-electron chi connectivity index (χ4n) is 3.22. The van der Waals surface area contributed by atoms with E-state index in [1.165, 1.54) is 28.1 Å². The number of pyridine rings is 1. The fourth-order valence-corrected chi connectivity index (χ4v) is 4.47. The van der Waals surface area contributed by atoms with Crippen LogP contribution in [0, 0.1) is 0 Å². The Morgan fingerprint density at radius 2 is 1.45 bits per heavy atom. The number of nitrogens with zero attached hydrogens (tertiary/aromatic N) is 1. The summed E-state index contributed by atoms with van der Waals surface area (Å²) in [4.78, 5) is 0. The van der Waals surface area contributed by atoms with Gasteiger partial charge in [-0.05, 0) is 27.7 Å². The number of benzene rings is 3. The smallest absolute Gasteiger partial charge is 0.228 e. The van der Waals surface area contributed by atoms with Crippen molar-refractivity contribution in [1.82, 2.24) is 0 Å². The Bertz CT molecular complexity index is 1170. The molecule has 142 valence electrons. The topological polar surface area (TPSA) is 26.9 Å². The molecule has 1 heterocycles. The van der Waals surface area contributed by atoms with Gasteiger partial charge in [0.25, 0.3) is 0 Å². The number of thioether (sulfide) groups is 1. The number of fused-ring (bicyclic) bond motifs is 1. The third kappa shape index (κ3) is 4.39. The molecule has 0 radical (unpaired) electrons. The molecule has 0 bridgehead atoms. The largest absolute Gasteiger partial charge is 0.868 e. The lowest BCUT2D eigenvalue weighted by molar-refractivity contribution is -0.577. The number of rotatable bonds is 5. The first-order chi connectivity index (χ1) is 14.2. The predicted octanol–water partition coefficient (Wildman–Crippen LogP) is 5.07. The molecule has 2 nitrogen and oxygen atoms in total. The van der Waals surface area contributed by atoms with Crippen LogP contribution in [-0.2, 0) is 5.75 Å². The molecule has 0 amide bonds. The quantitative estimate of drug-likeness (QED) is 0.198. The summed E-state index contributed by atoms with van der Waals surface area (Å²) in [5, 5.41) is 15.7. The van der Waals surface area contributed by atoms with Crippen LogP contribution in [0.25, 0.3) is 22.2 Å². The lowest BCUT2D eigenvalue weighted by atomic mass is 10.1. The third-order valence-corrected chi connectivity index (χ3v) is 6.11. The van der Waals surface area contributed by atoms with E-state index in [2.05, 4.69) is 30.3 Å². The van der Waals surface area contributed by atoms with Gasteiger partial charge in [-0.2, -0.15) is 4.57 Å². The van der Waals surface area contributed by atoms with Crippen molar-refractivity contribution in [1.29, 1.82) is 0 Å². The molecule has 0 aliphatic heterocycles. The monoisotopic (exact) mass is 413 g/mol. The zero-order valence-electron chi connectivity index (χ0n) is 15.7. The number of thiocarbonyl (C=S) groups is 1. The van der Waals surface area contributed by atoms with Crippen molar-refractivity contribution in [2.75, 3.05) is 0 Å². The summed E-state index contributed by atoms with van der Waals surface area (Å²) in [6.07, 6.45) is 3.72. The van der Waals surface area contributed by atoms with E-state index in [0.29, 0.717) is 21.2 Å². The number of aromatic nitrogens is 1. The maximum absolute atomic E-state index is 13.3. The van der Waals surface area contributed by atoms with E-state index >= 15 is 0 Å². The molecule has 0 aliphatic carbocycles. The van der Waals surface area contributed by atoms with Gasteiger partial charge < -0.3 is 5.11 Å². The minimum Gasteiger partial charge on any atom is -0.868 e. The first kappa shape index (κ1) is 19.4. The highest BCUT2D eigenvalue weighted by Crippen LogP contribution is 2.27. The van der Waals surface area contributed by atoms with Crippen molar-refractivity contribution < 1.29 is 9.67 Å². The molecule has 0 N–H and O–H groups in total. The van der Waals surface area contributed by atoms with E-state index in [1.807, 2.05) is 77.6 Å². The summed E-state index contributed by atoms with van der Waals surface area (Å²) < 4.78 is 2.40. The second-order valence-corrected chi connectivity index (χ2v) is 8.19. The Hall–Kier alpha value is -2.95. The van der Waals surface area contributed by atoms with E-state index in [9.17, 15) is 5.11 Å². The highest BCUT2D eigenvalue weighted by atomic mass is 32.2. The average Bonchev–Trinajstić information content (AvgIpc) is 2.79. The van der Waals surface area contributed by atoms with E-state index in [1.54, 1.807) is 0 Å². The van der Waals surface area contributed by atoms with Crippen LogP contribution < -0.4 is 9.67 Å². The molecule has 0 atom stereocenters. The van der Waals surface area contributed by atoms with Crippen LogP contribution in [0.2, 0.25) is 0 Å². The molecule has 3 aromatic carbocycles. The van der Waals surface area contributed by atoms with Gasteiger partial charge in [-0.3, -0.25) is 0 Å². The van der Waals surface area contributed by atoms with Crippen LogP contribution in [0.1, 0.15) is 11.1 Å². The fraction of sp³-hybridized carbons (Fsp3) is 0.0400. The van der Waals surface area contributed by atoms with Crippen molar-refractivity contribution in [3.63, 3.8) is 0 Å². The van der Waals surface area contributed by atoms with Crippen molar-refractivity contribution in [2.45, 2.75) is 5.75 Å². The summed E-state index contributed by atoms with van der Waals surface area (Å²) in [5.74, 6) is 0.635. The second-order valence-electron chi connectivity index (χ2n) is 6.54. The second kappa shape index (κ2) is 9.03. The molecule has 0 unspecified atom stereocenters. The van der Waals surface area contributed by atoms with Crippen LogP contribution in [0.3, 0.4) is 0 Å². The zero-order valence-corrected chi connectivity index (χ0v) is 17.3. The average molecular weight is 414 g/mol. The van der Waals surface area contributed by atoms with E-state index in [4.69, 9.17) is 12.2 Å². The first-order valence-electron chi connectivity index (χ1n) is 9.31. The summed E-state index contributed by atoms with van der Waals surface area (Å²) in [5.41, 5.74) is 2.35. The summed E-state index contributed by atoms with van der Waals surface area (Å²) >= 11 is 7.26. The number of hydrogen-bond donors (Lipinski definition) is 0. The van der Waals surface area contributed by atoms with Crippen molar-refractivity contribution in [3.8, 4) is 0 Å². The van der Waals surface area contributed by atoms with Gasteiger partial charge in [0, 0.05) is 17.9 Å². The van der Waals surface area contributed by atoms with Gasteiger partial charge in [-0.1, -0.05) is 91.1 Å². The highest BCUT2D eigenvalue weighted by Gasteiger charge is 2.19. The third-order valence-electron chi connectivity index (χ3n) is 4.66. The Morgan fingerprint density at radius 1 is 0.793 bits per heavy atom. The predicted molar refractivity (Wildman–Crippen MR) is 124 cm³/mol. The molecular formula is C25H19NOS2. The van der Waals surface area contributed by atoms with Gasteiger partial charge in [0.05, 0.1) is 0 Å². The Balaban J connectivity index is 1.67. The Labute approximate surface area is 180 Å². The Morgan fingerprint density at radius 3 is 2.24 bits per heavy atom. The molecule has 1 aromatic heterocycles. The van der Waals surface area contributed by atoms with Gasteiger partial charge >= 0.3 is 0 Å². The molecule has 0 spiro atoms. The maximum atomic E-state index is 13.3. The lowest BCUT2D eigenvalue weighted by Crippen LogP contribution is -2.36. The van der Waals surface area contributed by atoms with Gasteiger partial charge in [0.1, 0.15) is 4.20 Å². The van der Waals surface area contributed by atoms with Crippen LogP contribution in [0.5, 0.6) is 0 Å². The lowest BCUT2D eigenvalue weighted by Gasteiger charge is -2.16. The SMILES string of the molecule is [O-]/C(=C(\C(=S)SCc1cccc2ccccc12)[n+]1ccccc1)c1ccccc1. The van der Waals surface area contributed by atoms with Crippen molar-refractivity contribution in [3.05, 3.63) is 115 Å². The summed E-state index contributed by atoms with van der Waals surface area (Å²) in [6, 6.07) is 29.6. The van der Waals surface area contributed by atoms with Crippen LogP contribution in [0.4, 0.5) is 0 Å². The van der Waals surface area contributed by atoms with Crippen molar-refractivity contribution >= 4 is 50.4 Å². The van der Waals surface area contributed by atoms with Crippen LogP contribution in [0.15, 0.2) is 103 Å². The maximum Gasteiger partial charge on any atom is 0.228 e. The normalized spacial score (nSPS) is 11.9. The standard InChI is InChI=1S/C25H19NOS2/c27-24(20-11-3-1-4-12-20)23(26-16-7-2-8-17-26)25(28)29-18-21-14-9-13-19-10-5-6-15-22(19)21/h1-17H,18H2. The van der Waals surface area contributed by atoms with Gasteiger partial charge in [-0.15, -0.1) is 11.8 Å². The molecule has 0 fully saturated rings. The molecule has 29 heavy (non-hydrogen) atoms. The van der Waals surface area contributed by atoms with E-state index in [-0.39, 0.29) is 5.76 Å². The zero-order chi connectivity index (χ0) is 20.1. The highest BCUT2D eigenvalue weighted by molar-refractivity contribution is 8.23. The van der Waals surface area contributed by atoms with Crippen LogP contribution in [-0.4, -0.2) is 4.20 Å². The number of hydrogen-bond acceptors (Lipinski definition) is 3. The van der Waals surface area contributed by atoms with E-state index < -0.39 is 0 Å². The molecule has 4 aromatic rings. The van der Waals surface area contributed by atoms with Crippen LogP contribution >= 0.6 is 24.0 Å². The summed E-state index contributed by atoms with van der Waals surface area (Å²) in [6.45, 7) is 0. The minimum absolute atomic E-state index is 0.0720. The minimum atomic E-state index is -0.0720. The molecule has 4 heteroatoms. The summed E-state index contributed by atoms with van der Waals surface area (Å²) in [7, 11) is 0.